The fourth-order valence-electron chi connectivity index (χ4n) is 3.72. The lowest BCUT2D eigenvalue weighted by Crippen LogP contribution is -2.18. The Morgan fingerprint density at radius 1 is 0.853 bits per heavy atom. The summed E-state index contributed by atoms with van der Waals surface area (Å²) in [5.74, 6) is -2.04. The number of anilines is 2. The van der Waals surface area contributed by atoms with Crippen molar-refractivity contribution in [2.24, 2.45) is 5.92 Å². The van der Waals surface area contributed by atoms with Crippen molar-refractivity contribution in [1.29, 1.82) is 0 Å². The molecular formula is C25H17Cl5N2O2. The van der Waals surface area contributed by atoms with Gasteiger partial charge in [0.15, 0.2) is 0 Å². The van der Waals surface area contributed by atoms with E-state index in [2.05, 4.69) is 17.2 Å². The minimum atomic E-state index is -1.32. The first-order valence-corrected chi connectivity index (χ1v) is 12.0. The van der Waals surface area contributed by atoms with Crippen LogP contribution in [0.2, 0.25) is 15.1 Å². The molecule has 0 aliphatic heterocycles. The summed E-state index contributed by atoms with van der Waals surface area (Å²) in [7, 11) is 0. The summed E-state index contributed by atoms with van der Waals surface area (Å²) in [4.78, 5) is 25.8. The molecule has 2 N–H and O–H groups in total. The molecule has 34 heavy (non-hydrogen) atoms. The Labute approximate surface area is 221 Å². The van der Waals surface area contributed by atoms with E-state index < -0.39 is 28.0 Å². The van der Waals surface area contributed by atoms with Gasteiger partial charge >= 0.3 is 0 Å². The van der Waals surface area contributed by atoms with E-state index in [9.17, 15) is 9.59 Å². The van der Waals surface area contributed by atoms with Crippen molar-refractivity contribution in [2.75, 3.05) is 10.6 Å². The molecular weight excluding hydrogens is 538 g/mol. The summed E-state index contributed by atoms with van der Waals surface area (Å²) in [5.41, 5.74) is 2.76. The number of hydrogen-bond donors (Lipinski definition) is 2. The number of benzene rings is 3. The standard InChI is InChI=1S/C25H17Cl5N2O2/c1-2-13-3-5-17(6-4-13)31-23(33)19-12-18(7-8-20(19)28)32-24(34)22-21(25(22,29)30)14-9-15(26)11-16(27)10-14/h2-12,21-22H,1H2,(H,31,33)(H,32,34). The topological polar surface area (TPSA) is 58.2 Å². The van der Waals surface area contributed by atoms with Crippen LogP contribution in [0.15, 0.2) is 67.2 Å². The van der Waals surface area contributed by atoms with Crippen LogP contribution in [0.3, 0.4) is 0 Å². The first-order chi connectivity index (χ1) is 16.1. The smallest absolute Gasteiger partial charge is 0.257 e. The van der Waals surface area contributed by atoms with Gasteiger partial charge in [0, 0.05) is 27.3 Å². The van der Waals surface area contributed by atoms with E-state index in [-0.39, 0.29) is 10.6 Å². The molecule has 2 unspecified atom stereocenters. The molecule has 2 amide bonds. The zero-order valence-electron chi connectivity index (χ0n) is 17.4. The second-order valence-corrected chi connectivity index (χ2v) is 10.5. The van der Waals surface area contributed by atoms with Crippen molar-refractivity contribution in [1.82, 2.24) is 0 Å². The monoisotopic (exact) mass is 552 g/mol. The Morgan fingerprint density at radius 2 is 1.47 bits per heavy atom. The van der Waals surface area contributed by atoms with E-state index in [1.54, 1.807) is 42.5 Å². The van der Waals surface area contributed by atoms with Crippen LogP contribution in [0.1, 0.15) is 27.4 Å². The predicted octanol–water partition coefficient (Wildman–Crippen LogP) is 8.07. The number of carbonyl (C=O) groups excluding carboxylic acids is 2. The summed E-state index contributed by atoms with van der Waals surface area (Å²) in [6.07, 6.45) is 1.70. The molecule has 0 saturated heterocycles. The molecule has 1 aliphatic rings. The fraction of sp³-hybridized carbons (Fsp3) is 0.120. The van der Waals surface area contributed by atoms with Crippen LogP contribution in [0.5, 0.6) is 0 Å². The average molecular weight is 555 g/mol. The minimum absolute atomic E-state index is 0.198. The van der Waals surface area contributed by atoms with Gasteiger partial charge in [0.05, 0.1) is 16.5 Å². The molecule has 4 rings (SSSR count). The van der Waals surface area contributed by atoms with Crippen LogP contribution >= 0.6 is 58.0 Å². The molecule has 0 aromatic heterocycles. The predicted molar refractivity (Wildman–Crippen MR) is 142 cm³/mol. The maximum Gasteiger partial charge on any atom is 0.257 e. The number of nitrogens with one attached hydrogen (secondary N) is 2. The lowest BCUT2D eigenvalue weighted by Gasteiger charge is -2.10. The van der Waals surface area contributed by atoms with E-state index in [0.717, 1.165) is 5.56 Å². The van der Waals surface area contributed by atoms with Gasteiger partial charge in [-0.15, -0.1) is 23.2 Å². The summed E-state index contributed by atoms with van der Waals surface area (Å²) in [5, 5.41) is 6.63. The van der Waals surface area contributed by atoms with Gasteiger partial charge in [-0.1, -0.05) is 59.6 Å². The number of rotatable bonds is 6. The molecule has 3 aromatic rings. The largest absolute Gasteiger partial charge is 0.326 e. The van der Waals surface area contributed by atoms with E-state index in [1.807, 2.05) is 12.1 Å². The zero-order chi connectivity index (χ0) is 24.6. The molecule has 1 aliphatic carbocycles. The van der Waals surface area contributed by atoms with E-state index >= 15 is 0 Å². The molecule has 9 heteroatoms. The SMILES string of the molecule is C=Cc1ccc(NC(=O)c2cc(NC(=O)C3C(c4cc(Cl)cc(Cl)c4)C3(Cl)Cl)ccc2Cl)cc1. The Bertz CT molecular complexity index is 1270. The van der Waals surface area contributed by atoms with Crippen molar-refractivity contribution in [3.05, 3.63) is 99.0 Å². The van der Waals surface area contributed by atoms with Crippen molar-refractivity contribution in [3.8, 4) is 0 Å². The summed E-state index contributed by atoms with van der Waals surface area (Å²) >= 11 is 31.2. The van der Waals surface area contributed by atoms with Gasteiger partial charge in [-0.2, -0.15) is 0 Å². The highest BCUT2D eigenvalue weighted by molar-refractivity contribution is 6.53. The van der Waals surface area contributed by atoms with Gasteiger partial charge in [0.25, 0.3) is 5.91 Å². The van der Waals surface area contributed by atoms with Crippen LogP contribution in [0.25, 0.3) is 6.08 Å². The van der Waals surface area contributed by atoms with Crippen LogP contribution < -0.4 is 10.6 Å². The second kappa shape index (κ2) is 9.80. The summed E-state index contributed by atoms with van der Waals surface area (Å²) < 4.78 is -1.32. The van der Waals surface area contributed by atoms with Crippen molar-refractivity contribution in [3.63, 3.8) is 0 Å². The van der Waals surface area contributed by atoms with Gasteiger partial charge in [0.1, 0.15) is 4.33 Å². The van der Waals surface area contributed by atoms with Crippen LogP contribution in [-0.4, -0.2) is 16.1 Å². The van der Waals surface area contributed by atoms with Gasteiger partial charge in [-0.3, -0.25) is 9.59 Å². The van der Waals surface area contributed by atoms with Crippen molar-refractivity contribution >= 4 is 87.3 Å². The maximum atomic E-state index is 13.0. The van der Waals surface area contributed by atoms with Crippen LogP contribution in [0.4, 0.5) is 11.4 Å². The Kier molecular flexibility index (Phi) is 7.18. The molecule has 4 nitrogen and oxygen atoms in total. The lowest BCUT2D eigenvalue weighted by molar-refractivity contribution is -0.117. The third kappa shape index (κ3) is 5.22. The summed E-state index contributed by atoms with van der Waals surface area (Å²) in [6.45, 7) is 3.70. The van der Waals surface area contributed by atoms with E-state index in [1.165, 1.54) is 12.1 Å². The number of amides is 2. The lowest BCUT2D eigenvalue weighted by atomic mass is 10.1. The number of carbonyl (C=O) groups is 2. The molecule has 3 aromatic carbocycles. The van der Waals surface area contributed by atoms with Crippen molar-refractivity contribution in [2.45, 2.75) is 10.3 Å². The van der Waals surface area contributed by atoms with Gasteiger partial charge in [-0.05, 0) is 59.7 Å². The minimum Gasteiger partial charge on any atom is -0.326 e. The average Bonchev–Trinajstić information content (AvgIpc) is 3.37. The second-order valence-electron chi connectivity index (χ2n) is 7.80. The molecule has 174 valence electrons. The fourth-order valence-corrected chi connectivity index (χ4v) is 5.29. The Morgan fingerprint density at radius 3 is 2.09 bits per heavy atom. The summed E-state index contributed by atoms with van der Waals surface area (Å²) in [6, 6.07) is 16.7. The highest BCUT2D eigenvalue weighted by Gasteiger charge is 2.67. The highest BCUT2D eigenvalue weighted by Crippen LogP contribution is 2.65. The Balaban J connectivity index is 1.49. The molecule has 1 fully saturated rings. The molecule has 0 heterocycles. The first kappa shape index (κ1) is 24.9. The zero-order valence-corrected chi connectivity index (χ0v) is 21.2. The first-order valence-electron chi connectivity index (χ1n) is 10.1. The quantitative estimate of drug-likeness (QED) is 0.303. The van der Waals surface area contributed by atoms with E-state index in [0.29, 0.717) is 27.0 Å². The number of hydrogen-bond acceptors (Lipinski definition) is 2. The van der Waals surface area contributed by atoms with Gasteiger partial charge in [-0.25, -0.2) is 0 Å². The number of halogens is 5. The Hall–Kier alpha value is -2.21. The van der Waals surface area contributed by atoms with E-state index in [4.69, 9.17) is 58.0 Å². The van der Waals surface area contributed by atoms with Crippen molar-refractivity contribution < 1.29 is 9.59 Å². The third-order valence-electron chi connectivity index (χ3n) is 5.46. The molecule has 0 spiro atoms. The normalized spacial score (nSPS) is 18.1. The number of alkyl halides is 2. The molecule has 1 saturated carbocycles. The molecule has 2 atom stereocenters. The van der Waals surface area contributed by atoms with Gasteiger partial charge in [0.2, 0.25) is 5.91 Å². The molecule has 0 radical (unpaired) electrons. The maximum absolute atomic E-state index is 13.0. The van der Waals surface area contributed by atoms with Gasteiger partial charge < -0.3 is 10.6 Å². The van der Waals surface area contributed by atoms with Crippen LogP contribution in [0, 0.1) is 5.92 Å². The molecule has 0 bridgehead atoms. The highest BCUT2D eigenvalue weighted by atomic mass is 35.5. The third-order valence-corrected chi connectivity index (χ3v) is 7.17. The van der Waals surface area contributed by atoms with Crippen LogP contribution in [-0.2, 0) is 4.79 Å².